The van der Waals surface area contributed by atoms with Crippen molar-refractivity contribution in [2.75, 3.05) is 30.0 Å². The molecule has 3 amide bonds. The minimum atomic E-state index is -1.18. The zero-order valence-electron chi connectivity index (χ0n) is 19.1. The Bertz CT molecular complexity index is 1060. The first-order valence-corrected chi connectivity index (χ1v) is 11.8. The van der Waals surface area contributed by atoms with Crippen molar-refractivity contribution in [2.24, 2.45) is 0 Å². The van der Waals surface area contributed by atoms with Gasteiger partial charge in [-0.25, -0.2) is 0 Å². The number of thiophene rings is 1. The summed E-state index contributed by atoms with van der Waals surface area (Å²) in [7, 11) is 0. The SMILES string of the molecule is CC(C)(C)OC(=O)C[C@@H](NC(=O)c1ccc(Cl)s1)C(=O)Nc1ccc(N2CCOCC2=O)cc1. The van der Waals surface area contributed by atoms with Crippen LogP contribution in [0, 0.1) is 0 Å². The fourth-order valence-electron chi connectivity index (χ4n) is 3.17. The molecule has 1 atom stereocenters. The van der Waals surface area contributed by atoms with Crippen LogP contribution in [0.4, 0.5) is 11.4 Å². The van der Waals surface area contributed by atoms with Crippen LogP contribution < -0.4 is 15.5 Å². The van der Waals surface area contributed by atoms with E-state index in [4.69, 9.17) is 21.1 Å². The highest BCUT2D eigenvalue weighted by Gasteiger charge is 2.28. The molecule has 1 aromatic heterocycles. The van der Waals surface area contributed by atoms with Gasteiger partial charge in [-0.3, -0.25) is 19.2 Å². The molecule has 11 heteroatoms. The number of esters is 1. The number of carbonyl (C=O) groups is 4. The molecule has 9 nitrogen and oxygen atoms in total. The van der Waals surface area contributed by atoms with Crippen molar-refractivity contribution < 1.29 is 28.7 Å². The Labute approximate surface area is 206 Å². The van der Waals surface area contributed by atoms with Gasteiger partial charge >= 0.3 is 5.97 Å². The summed E-state index contributed by atoms with van der Waals surface area (Å²) in [4.78, 5) is 51.9. The third-order valence-electron chi connectivity index (χ3n) is 4.64. The number of hydrogen-bond donors (Lipinski definition) is 2. The van der Waals surface area contributed by atoms with E-state index in [-0.39, 0.29) is 18.9 Å². The Morgan fingerprint density at radius 2 is 1.88 bits per heavy atom. The smallest absolute Gasteiger partial charge is 0.308 e. The number of carbonyl (C=O) groups excluding carboxylic acids is 4. The maximum atomic E-state index is 13.0. The van der Waals surface area contributed by atoms with E-state index in [1.807, 2.05) is 0 Å². The third-order valence-corrected chi connectivity index (χ3v) is 5.87. The Balaban J connectivity index is 1.71. The first kappa shape index (κ1) is 25.7. The second-order valence-corrected chi connectivity index (χ2v) is 10.3. The predicted molar refractivity (Wildman–Crippen MR) is 129 cm³/mol. The Morgan fingerprint density at radius 3 is 2.47 bits per heavy atom. The molecular formula is C23H26ClN3O6S. The van der Waals surface area contributed by atoms with E-state index in [9.17, 15) is 19.2 Å². The van der Waals surface area contributed by atoms with E-state index in [1.54, 1.807) is 56.0 Å². The van der Waals surface area contributed by atoms with Gasteiger partial charge in [0.25, 0.3) is 11.8 Å². The Hall–Kier alpha value is -2.95. The summed E-state index contributed by atoms with van der Waals surface area (Å²) in [6, 6.07) is 8.62. The summed E-state index contributed by atoms with van der Waals surface area (Å²) in [5, 5.41) is 5.29. The van der Waals surface area contributed by atoms with Gasteiger partial charge in [0.1, 0.15) is 18.2 Å². The number of ether oxygens (including phenoxy) is 2. The lowest BCUT2D eigenvalue weighted by Gasteiger charge is -2.27. The van der Waals surface area contributed by atoms with Crippen molar-refractivity contribution in [1.82, 2.24) is 5.32 Å². The van der Waals surface area contributed by atoms with Gasteiger partial charge in [0, 0.05) is 17.9 Å². The summed E-state index contributed by atoms with van der Waals surface area (Å²) in [6.45, 7) is 6.07. The number of anilines is 2. The minimum Gasteiger partial charge on any atom is -0.460 e. The van der Waals surface area contributed by atoms with Gasteiger partial charge in [0.05, 0.1) is 22.2 Å². The van der Waals surface area contributed by atoms with Crippen LogP contribution in [0.15, 0.2) is 36.4 Å². The Morgan fingerprint density at radius 1 is 1.18 bits per heavy atom. The number of nitrogens with one attached hydrogen (secondary N) is 2. The van der Waals surface area contributed by atoms with Crippen LogP contribution in [0.25, 0.3) is 0 Å². The number of rotatable bonds is 7. The molecule has 1 aromatic carbocycles. The van der Waals surface area contributed by atoms with Crippen molar-refractivity contribution >= 4 is 58.0 Å². The summed E-state index contributed by atoms with van der Waals surface area (Å²) >= 11 is 6.96. The van der Waals surface area contributed by atoms with Crippen LogP contribution in [-0.4, -0.2) is 55.1 Å². The zero-order valence-corrected chi connectivity index (χ0v) is 20.6. The molecule has 1 aliphatic heterocycles. The highest BCUT2D eigenvalue weighted by molar-refractivity contribution is 7.18. The van der Waals surface area contributed by atoms with Crippen molar-refractivity contribution in [1.29, 1.82) is 0 Å². The minimum absolute atomic E-state index is 0.0278. The number of nitrogens with zero attached hydrogens (tertiary/aromatic N) is 1. The third kappa shape index (κ3) is 7.28. The second-order valence-electron chi connectivity index (χ2n) is 8.55. The van der Waals surface area contributed by atoms with Gasteiger partial charge in [0.2, 0.25) is 5.91 Å². The molecule has 3 rings (SSSR count). The molecule has 0 spiro atoms. The molecule has 182 valence electrons. The summed E-state index contributed by atoms with van der Waals surface area (Å²) in [5.41, 5.74) is 0.382. The van der Waals surface area contributed by atoms with E-state index >= 15 is 0 Å². The highest BCUT2D eigenvalue weighted by atomic mass is 35.5. The number of hydrogen-bond acceptors (Lipinski definition) is 7. The van der Waals surface area contributed by atoms with Gasteiger partial charge in [0.15, 0.2) is 0 Å². The fraction of sp³-hybridized carbons (Fsp3) is 0.391. The number of benzene rings is 1. The largest absolute Gasteiger partial charge is 0.460 e. The molecule has 0 unspecified atom stereocenters. The lowest BCUT2D eigenvalue weighted by atomic mass is 10.1. The predicted octanol–water partition coefficient (Wildman–Crippen LogP) is 3.23. The summed E-state index contributed by atoms with van der Waals surface area (Å²) in [5.74, 6) is -1.88. The molecule has 1 aliphatic rings. The molecule has 0 saturated carbocycles. The number of halogens is 1. The van der Waals surface area contributed by atoms with Crippen LogP contribution in [-0.2, 0) is 23.9 Å². The molecular weight excluding hydrogens is 482 g/mol. The lowest BCUT2D eigenvalue weighted by molar-refractivity contribution is -0.156. The van der Waals surface area contributed by atoms with Crippen molar-refractivity contribution in [3.8, 4) is 0 Å². The van der Waals surface area contributed by atoms with Gasteiger partial charge in [-0.2, -0.15) is 0 Å². The van der Waals surface area contributed by atoms with Gasteiger partial charge in [-0.15, -0.1) is 11.3 Å². The van der Waals surface area contributed by atoms with Crippen LogP contribution >= 0.6 is 22.9 Å². The topological polar surface area (TPSA) is 114 Å². The fourth-order valence-corrected chi connectivity index (χ4v) is 4.12. The standard InChI is InChI=1S/C23H26ClN3O6S/c1-23(2,3)33-20(29)12-16(26-22(31)17-8-9-18(24)34-17)21(30)25-14-4-6-15(7-5-14)27-10-11-32-13-19(27)28/h4-9,16H,10-13H2,1-3H3,(H,25,30)(H,26,31)/t16-/m1/s1. The van der Waals surface area contributed by atoms with E-state index in [0.717, 1.165) is 11.3 Å². The van der Waals surface area contributed by atoms with Crippen LogP contribution in [0.1, 0.15) is 36.9 Å². The quantitative estimate of drug-likeness (QED) is 0.556. The van der Waals surface area contributed by atoms with Crippen molar-refractivity contribution in [3.63, 3.8) is 0 Å². The lowest BCUT2D eigenvalue weighted by Crippen LogP contribution is -2.45. The molecule has 2 heterocycles. The van der Waals surface area contributed by atoms with E-state index in [0.29, 0.717) is 33.7 Å². The van der Waals surface area contributed by atoms with Crippen LogP contribution in [0.3, 0.4) is 0 Å². The first-order valence-electron chi connectivity index (χ1n) is 10.6. The normalized spacial score (nSPS) is 14.9. The van der Waals surface area contributed by atoms with Crippen LogP contribution in [0.2, 0.25) is 4.34 Å². The second kappa shape index (κ2) is 11.0. The number of amides is 3. The summed E-state index contributed by atoms with van der Waals surface area (Å²) < 4.78 is 10.9. The Kier molecular flexibility index (Phi) is 8.29. The van der Waals surface area contributed by atoms with Crippen molar-refractivity contribution in [3.05, 3.63) is 45.6 Å². The van der Waals surface area contributed by atoms with E-state index in [1.165, 1.54) is 6.07 Å². The molecule has 1 fully saturated rings. The average Bonchev–Trinajstić information content (AvgIpc) is 3.19. The molecule has 2 aromatic rings. The summed E-state index contributed by atoms with van der Waals surface area (Å²) in [6.07, 6.45) is -0.353. The maximum Gasteiger partial charge on any atom is 0.308 e. The molecule has 2 N–H and O–H groups in total. The van der Waals surface area contributed by atoms with Crippen molar-refractivity contribution in [2.45, 2.75) is 38.8 Å². The van der Waals surface area contributed by atoms with Gasteiger partial charge in [-0.1, -0.05) is 11.6 Å². The van der Waals surface area contributed by atoms with Gasteiger partial charge in [-0.05, 0) is 57.2 Å². The maximum absolute atomic E-state index is 13.0. The molecule has 0 radical (unpaired) electrons. The molecule has 0 aliphatic carbocycles. The van der Waals surface area contributed by atoms with E-state index in [2.05, 4.69) is 10.6 Å². The molecule has 1 saturated heterocycles. The van der Waals surface area contributed by atoms with E-state index < -0.39 is 29.4 Å². The highest BCUT2D eigenvalue weighted by Crippen LogP contribution is 2.22. The zero-order chi connectivity index (χ0) is 24.9. The number of morpholine rings is 1. The van der Waals surface area contributed by atoms with Crippen LogP contribution in [0.5, 0.6) is 0 Å². The first-order chi connectivity index (χ1) is 16.0. The van der Waals surface area contributed by atoms with Gasteiger partial charge < -0.3 is 25.0 Å². The average molecular weight is 508 g/mol. The molecule has 0 bridgehead atoms. The molecule has 34 heavy (non-hydrogen) atoms. The monoisotopic (exact) mass is 507 g/mol.